The normalized spacial score (nSPS) is 25.4. The summed E-state index contributed by atoms with van der Waals surface area (Å²) in [6.07, 6.45) is -3.96. The van der Waals surface area contributed by atoms with Crippen molar-refractivity contribution in [1.82, 2.24) is 15.0 Å². The molecule has 2 fully saturated rings. The second-order valence-corrected chi connectivity index (χ2v) is 11.2. The highest BCUT2D eigenvalue weighted by Crippen LogP contribution is 2.40. The molecule has 0 radical (unpaired) electrons. The molecular weight excluding hydrogens is 585 g/mol. The van der Waals surface area contributed by atoms with Gasteiger partial charge in [0.1, 0.15) is 30.0 Å². The summed E-state index contributed by atoms with van der Waals surface area (Å²) in [6, 6.07) is 17.2. The number of aromatic nitrogens is 3. The van der Waals surface area contributed by atoms with Crippen LogP contribution in [0.25, 0.3) is 21.3 Å². The van der Waals surface area contributed by atoms with Gasteiger partial charge in [-0.2, -0.15) is 0 Å². The Labute approximate surface area is 246 Å². The monoisotopic (exact) mass is 608 g/mol. The lowest BCUT2D eigenvalue weighted by Gasteiger charge is -2.47. The predicted molar refractivity (Wildman–Crippen MR) is 149 cm³/mol. The number of rotatable bonds is 5. The summed E-state index contributed by atoms with van der Waals surface area (Å²) in [5.41, 5.74) is 1.21. The van der Waals surface area contributed by atoms with Crippen molar-refractivity contribution in [2.75, 3.05) is 11.9 Å². The van der Waals surface area contributed by atoms with E-state index in [0.717, 1.165) is 27.8 Å². The molecule has 2 aliphatic rings. The number of hydrogen-bond donors (Lipinski definition) is 2. The number of benzene rings is 3. The van der Waals surface area contributed by atoms with E-state index in [1.165, 1.54) is 22.2 Å². The van der Waals surface area contributed by atoms with Gasteiger partial charge in [0.15, 0.2) is 29.8 Å². The minimum absolute atomic E-state index is 0.0185. The molecule has 0 aliphatic carbocycles. The van der Waals surface area contributed by atoms with Crippen LogP contribution in [-0.2, 0) is 19.0 Å². The fourth-order valence-electron chi connectivity index (χ4n) is 5.42. The average Bonchev–Trinajstić information content (AvgIpc) is 3.69. The number of carbonyl (C=O) groups is 1. The molecule has 2 saturated heterocycles. The molecule has 2 aromatic heterocycles. The Bertz CT molecular complexity index is 1780. The second-order valence-electron chi connectivity index (χ2n) is 10.3. The number of halogens is 3. The van der Waals surface area contributed by atoms with E-state index in [0.29, 0.717) is 5.69 Å². The quantitative estimate of drug-likeness (QED) is 0.271. The molecular formula is C30H23F3N4O5S. The summed E-state index contributed by atoms with van der Waals surface area (Å²) in [4.78, 5) is 13.5. The fraction of sp³-hybridized carbons (Fsp3) is 0.233. The lowest BCUT2D eigenvalue weighted by Crippen LogP contribution is -2.61. The summed E-state index contributed by atoms with van der Waals surface area (Å²) in [5.74, 6) is -4.97. The number of thiophene rings is 1. The summed E-state index contributed by atoms with van der Waals surface area (Å²) >= 11 is 1.53. The Morgan fingerprint density at radius 3 is 2.60 bits per heavy atom. The Balaban J connectivity index is 1.21. The summed E-state index contributed by atoms with van der Waals surface area (Å²) in [5, 5.41) is 25.5. The Morgan fingerprint density at radius 1 is 1.02 bits per heavy atom. The zero-order valence-electron chi connectivity index (χ0n) is 22.1. The smallest absolute Gasteiger partial charge is 0.256 e. The Hall–Kier alpha value is -4.14. The first-order valence-corrected chi connectivity index (χ1v) is 14.2. The van der Waals surface area contributed by atoms with Crippen LogP contribution in [0.3, 0.4) is 0 Å². The fourth-order valence-corrected chi connectivity index (χ4v) is 6.25. The van der Waals surface area contributed by atoms with Crippen molar-refractivity contribution in [3.63, 3.8) is 0 Å². The lowest BCUT2D eigenvalue weighted by molar-refractivity contribution is -0.312. The van der Waals surface area contributed by atoms with Gasteiger partial charge < -0.3 is 24.6 Å². The average molecular weight is 609 g/mol. The van der Waals surface area contributed by atoms with Crippen molar-refractivity contribution in [2.24, 2.45) is 0 Å². The number of amides is 1. The third-order valence-electron chi connectivity index (χ3n) is 7.53. The molecule has 2 aliphatic heterocycles. The number of carbonyl (C=O) groups excluding carboxylic acids is 1. The highest BCUT2D eigenvalue weighted by molar-refractivity contribution is 7.17. The molecule has 4 heterocycles. The number of nitrogens with zero attached hydrogens (tertiary/aromatic N) is 3. The molecule has 1 amide bonds. The number of fused-ring (bicyclic) bond motifs is 2. The minimum atomic E-state index is -1.60. The zero-order valence-corrected chi connectivity index (χ0v) is 23.0. The predicted octanol–water partition coefficient (Wildman–Crippen LogP) is 5.00. The van der Waals surface area contributed by atoms with Crippen molar-refractivity contribution in [2.45, 2.75) is 36.7 Å². The van der Waals surface area contributed by atoms with Crippen molar-refractivity contribution in [3.05, 3.63) is 101 Å². The van der Waals surface area contributed by atoms with E-state index in [1.807, 2.05) is 53.9 Å². The van der Waals surface area contributed by atoms with Crippen LogP contribution in [0.4, 0.5) is 18.9 Å². The van der Waals surface area contributed by atoms with Crippen molar-refractivity contribution >= 4 is 33.0 Å². The van der Waals surface area contributed by atoms with Crippen LogP contribution in [0, 0.1) is 17.5 Å². The van der Waals surface area contributed by atoms with Gasteiger partial charge in [0.2, 0.25) is 0 Å². The first-order valence-electron chi connectivity index (χ1n) is 13.4. The van der Waals surface area contributed by atoms with Gasteiger partial charge in [0.25, 0.3) is 5.91 Å². The van der Waals surface area contributed by atoms with E-state index in [-0.39, 0.29) is 17.9 Å². The highest BCUT2D eigenvalue weighted by Gasteiger charge is 2.53. The Kier molecular flexibility index (Phi) is 7.19. The molecule has 13 heteroatoms. The topological polar surface area (TPSA) is 108 Å². The van der Waals surface area contributed by atoms with Gasteiger partial charge in [-0.25, -0.2) is 17.9 Å². The van der Waals surface area contributed by atoms with E-state index in [2.05, 4.69) is 15.6 Å². The second kappa shape index (κ2) is 11.2. The van der Waals surface area contributed by atoms with Gasteiger partial charge in [-0.1, -0.05) is 41.6 Å². The molecule has 43 heavy (non-hydrogen) atoms. The van der Waals surface area contributed by atoms with Crippen LogP contribution in [0.15, 0.2) is 78.3 Å². The van der Waals surface area contributed by atoms with Gasteiger partial charge in [-0.3, -0.25) is 4.79 Å². The molecule has 7 rings (SSSR count). The number of ether oxygens (including phenoxy) is 3. The summed E-state index contributed by atoms with van der Waals surface area (Å²) < 4.78 is 62.0. The summed E-state index contributed by atoms with van der Waals surface area (Å²) in [7, 11) is 0. The molecule has 0 unspecified atom stereocenters. The molecule has 9 nitrogen and oxygen atoms in total. The minimum Gasteiger partial charge on any atom is -0.387 e. The SMILES string of the molecule is O=C(Nc1ccc2ccsc2c1)[C@@H]1O[C@@H]2CO[C@H](c3ccccc3)O[C@@H]2[C@H](n2cc(-c3cc(F)c(F)c(F)c3)nn2)[C@H]1O. The zero-order chi connectivity index (χ0) is 29.7. The largest absolute Gasteiger partial charge is 0.387 e. The maximum absolute atomic E-state index is 14.0. The molecule has 0 saturated carbocycles. The van der Waals surface area contributed by atoms with Crippen LogP contribution in [-0.4, -0.2) is 57.0 Å². The van der Waals surface area contributed by atoms with E-state index >= 15 is 0 Å². The van der Waals surface area contributed by atoms with Gasteiger partial charge in [0, 0.05) is 21.5 Å². The summed E-state index contributed by atoms with van der Waals surface area (Å²) in [6.45, 7) is 0.0360. The maximum atomic E-state index is 14.0. The number of aliphatic hydroxyl groups is 1. The van der Waals surface area contributed by atoms with E-state index < -0.39 is 60.1 Å². The number of hydrogen-bond acceptors (Lipinski definition) is 8. The molecule has 220 valence electrons. The van der Waals surface area contributed by atoms with Crippen LogP contribution in [0.5, 0.6) is 0 Å². The first kappa shape index (κ1) is 27.7. The molecule has 0 bridgehead atoms. The van der Waals surface area contributed by atoms with Crippen LogP contribution in [0.1, 0.15) is 17.9 Å². The number of nitrogens with one attached hydrogen (secondary N) is 1. The van der Waals surface area contributed by atoms with Gasteiger partial charge >= 0.3 is 0 Å². The van der Waals surface area contributed by atoms with Crippen molar-refractivity contribution in [3.8, 4) is 11.3 Å². The Morgan fingerprint density at radius 2 is 1.81 bits per heavy atom. The van der Waals surface area contributed by atoms with E-state index in [1.54, 1.807) is 6.07 Å². The molecule has 2 N–H and O–H groups in total. The van der Waals surface area contributed by atoms with E-state index in [4.69, 9.17) is 14.2 Å². The number of aliphatic hydroxyl groups excluding tert-OH is 1. The van der Waals surface area contributed by atoms with E-state index in [9.17, 15) is 23.1 Å². The standard InChI is InChI=1S/C30H23F3N4O5S/c31-19-10-17(11-20(32)24(19)33)21-13-37(36-35-21)25-26(38)28(29(39)34-18-7-6-15-8-9-43-23(15)12-18)41-22-14-40-30(42-27(22)25)16-4-2-1-3-5-16/h1-13,22,25-28,30,38H,14H2,(H,34,39)/t22-,25-,26-,27+,28-,30+/m1/s1. The third kappa shape index (κ3) is 5.19. The van der Waals surface area contributed by atoms with Gasteiger partial charge in [-0.15, -0.1) is 16.4 Å². The lowest BCUT2D eigenvalue weighted by atomic mass is 9.91. The molecule has 5 aromatic rings. The van der Waals surface area contributed by atoms with Crippen LogP contribution < -0.4 is 5.32 Å². The highest BCUT2D eigenvalue weighted by atomic mass is 32.1. The van der Waals surface area contributed by atoms with Gasteiger partial charge in [0.05, 0.1) is 12.8 Å². The maximum Gasteiger partial charge on any atom is 0.256 e. The molecule has 0 spiro atoms. The molecule has 6 atom stereocenters. The van der Waals surface area contributed by atoms with Crippen molar-refractivity contribution in [1.29, 1.82) is 0 Å². The van der Waals surface area contributed by atoms with Crippen molar-refractivity contribution < 1.29 is 37.3 Å². The number of anilines is 1. The van der Waals surface area contributed by atoms with Crippen LogP contribution in [0.2, 0.25) is 0 Å². The molecule has 3 aromatic carbocycles. The van der Waals surface area contributed by atoms with Crippen LogP contribution >= 0.6 is 11.3 Å². The first-order chi connectivity index (χ1) is 20.9. The third-order valence-corrected chi connectivity index (χ3v) is 8.41. The van der Waals surface area contributed by atoms with Gasteiger partial charge in [-0.05, 0) is 41.1 Å².